The summed E-state index contributed by atoms with van der Waals surface area (Å²) < 4.78 is 11.6. The van der Waals surface area contributed by atoms with E-state index in [-0.39, 0.29) is 11.3 Å². The summed E-state index contributed by atoms with van der Waals surface area (Å²) in [6, 6.07) is 15.7. The van der Waals surface area contributed by atoms with Gasteiger partial charge in [0.25, 0.3) is 5.91 Å². The molecule has 0 radical (unpaired) electrons. The Kier molecular flexibility index (Phi) is 8.10. The Morgan fingerprint density at radius 3 is 2.53 bits per heavy atom. The minimum absolute atomic E-state index is 0.0422. The van der Waals surface area contributed by atoms with Crippen LogP contribution in [0.1, 0.15) is 54.8 Å². The zero-order chi connectivity index (χ0) is 25.7. The van der Waals surface area contributed by atoms with Crippen LogP contribution in [0.15, 0.2) is 70.3 Å². The molecule has 1 aliphatic heterocycles. The smallest absolute Gasteiger partial charge is 0.290 e. The van der Waals surface area contributed by atoms with E-state index in [9.17, 15) is 14.7 Å². The number of ketones is 1. The van der Waals surface area contributed by atoms with Crippen LogP contribution in [0.2, 0.25) is 0 Å². The van der Waals surface area contributed by atoms with Crippen LogP contribution in [0.4, 0.5) is 0 Å². The molecule has 0 bridgehead atoms. The van der Waals surface area contributed by atoms with Crippen molar-refractivity contribution < 1.29 is 23.8 Å². The zero-order valence-electron chi connectivity index (χ0n) is 21.2. The van der Waals surface area contributed by atoms with Crippen LogP contribution < -0.4 is 4.74 Å². The number of para-hydroxylation sites is 1. The van der Waals surface area contributed by atoms with Crippen molar-refractivity contribution in [1.29, 1.82) is 0 Å². The number of aliphatic hydroxyl groups excluding tert-OH is 1. The average Bonchev–Trinajstić information content (AvgIpc) is 3.41. The van der Waals surface area contributed by atoms with Gasteiger partial charge in [0.15, 0.2) is 11.5 Å². The summed E-state index contributed by atoms with van der Waals surface area (Å²) in [5, 5.41) is 11.7. The highest BCUT2D eigenvalue weighted by Gasteiger charge is 2.44. The maximum absolute atomic E-state index is 13.6. The molecule has 2 heterocycles. The normalized spacial score (nSPS) is 15.9. The van der Waals surface area contributed by atoms with Crippen LogP contribution in [-0.2, 0) is 4.79 Å². The van der Waals surface area contributed by atoms with Gasteiger partial charge in [0.05, 0.1) is 18.2 Å². The number of carbonyl (C=O) groups is 2. The molecule has 1 N–H and O–H groups in total. The molecule has 0 aliphatic carbocycles. The van der Waals surface area contributed by atoms with Gasteiger partial charge in [-0.2, -0.15) is 0 Å². The standard InChI is InChI=1S/C29H34N2O5/c1-4-5-8-18-35-22-14-12-20(13-15-22)26-25(28(33)29(34)31(26)17-9-16-30(2)3)27(32)24-19-21-10-6-7-11-23(21)36-24/h6-7,10-15,19,26,33H,4-5,8-9,16-18H2,1-3H3. The van der Waals surface area contributed by atoms with Crippen molar-refractivity contribution in [1.82, 2.24) is 9.80 Å². The number of amides is 1. The fraction of sp³-hybridized carbons (Fsp3) is 0.379. The minimum Gasteiger partial charge on any atom is -0.503 e. The fourth-order valence-electron chi connectivity index (χ4n) is 4.54. The number of benzene rings is 2. The van der Waals surface area contributed by atoms with Crippen molar-refractivity contribution in [2.24, 2.45) is 0 Å². The second-order valence-electron chi connectivity index (χ2n) is 9.42. The van der Waals surface area contributed by atoms with E-state index in [1.165, 1.54) is 0 Å². The highest BCUT2D eigenvalue weighted by Crippen LogP contribution is 2.40. The van der Waals surface area contributed by atoms with Crippen LogP contribution in [0.3, 0.4) is 0 Å². The maximum atomic E-state index is 13.6. The van der Waals surface area contributed by atoms with Crippen LogP contribution in [-0.4, -0.2) is 60.4 Å². The van der Waals surface area contributed by atoms with Crippen LogP contribution in [0.5, 0.6) is 5.75 Å². The molecule has 2 aromatic carbocycles. The molecule has 1 amide bonds. The summed E-state index contributed by atoms with van der Waals surface area (Å²) in [7, 11) is 3.93. The lowest BCUT2D eigenvalue weighted by Gasteiger charge is -2.27. The Morgan fingerprint density at radius 1 is 1.08 bits per heavy atom. The topological polar surface area (TPSA) is 83.2 Å². The van der Waals surface area contributed by atoms with Crippen molar-refractivity contribution in [3.05, 3.63) is 77.3 Å². The van der Waals surface area contributed by atoms with Gasteiger partial charge in [-0.3, -0.25) is 9.59 Å². The first-order valence-corrected chi connectivity index (χ1v) is 12.6. The summed E-state index contributed by atoms with van der Waals surface area (Å²) in [4.78, 5) is 30.4. The Bertz CT molecular complexity index is 1210. The number of hydrogen-bond donors (Lipinski definition) is 1. The Morgan fingerprint density at radius 2 is 1.83 bits per heavy atom. The van der Waals surface area contributed by atoms with Gasteiger partial charge in [-0.05, 0) is 63.3 Å². The van der Waals surface area contributed by atoms with Crippen LogP contribution in [0, 0.1) is 0 Å². The monoisotopic (exact) mass is 490 g/mol. The summed E-state index contributed by atoms with van der Waals surface area (Å²) in [5.41, 5.74) is 1.35. The third-order valence-electron chi connectivity index (χ3n) is 6.41. The first-order valence-electron chi connectivity index (χ1n) is 12.6. The summed E-state index contributed by atoms with van der Waals surface area (Å²) in [6.07, 6.45) is 3.93. The lowest BCUT2D eigenvalue weighted by Crippen LogP contribution is -2.33. The van der Waals surface area contributed by atoms with Gasteiger partial charge in [-0.25, -0.2) is 0 Å². The van der Waals surface area contributed by atoms with E-state index in [1.54, 1.807) is 17.0 Å². The third kappa shape index (κ3) is 5.46. The van der Waals surface area contributed by atoms with E-state index in [0.29, 0.717) is 25.2 Å². The number of aliphatic hydroxyl groups is 1. The van der Waals surface area contributed by atoms with Gasteiger partial charge in [-0.1, -0.05) is 50.1 Å². The summed E-state index contributed by atoms with van der Waals surface area (Å²) >= 11 is 0. The number of rotatable bonds is 12. The van der Waals surface area contributed by atoms with Crippen molar-refractivity contribution in [3.8, 4) is 5.75 Å². The molecule has 7 heteroatoms. The maximum Gasteiger partial charge on any atom is 0.290 e. The molecule has 0 saturated heterocycles. The van der Waals surface area contributed by atoms with Crippen molar-refractivity contribution in [2.75, 3.05) is 33.8 Å². The molecule has 0 saturated carbocycles. The Balaban J connectivity index is 1.64. The van der Waals surface area contributed by atoms with Gasteiger partial charge in [0.1, 0.15) is 11.3 Å². The molecule has 1 unspecified atom stereocenters. The Hall–Kier alpha value is -3.58. The quantitative estimate of drug-likeness (QED) is 0.265. The number of carbonyl (C=O) groups excluding carboxylic acids is 2. The van der Waals surface area contributed by atoms with Crippen molar-refractivity contribution >= 4 is 22.7 Å². The van der Waals surface area contributed by atoms with Crippen molar-refractivity contribution in [3.63, 3.8) is 0 Å². The number of hydrogen-bond acceptors (Lipinski definition) is 6. The largest absolute Gasteiger partial charge is 0.503 e. The Labute approximate surface area is 211 Å². The SMILES string of the molecule is CCCCCOc1ccc(C2C(C(=O)c3cc4ccccc4o3)=C(O)C(=O)N2CCCN(C)C)cc1. The summed E-state index contributed by atoms with van der Waals surface area (Å²) in [6.45, 7) is 3.96. The number of ether oxygens (including phenoxy) is 1. The predicted octanol–water partition coefficient (Wildman–Crippen LogP) is 5.53. The second kappa shape index (κ2) is 11.4. The molecule has 1 aliphatic rings. The van der Waals surface area contributed by atoms with Gasteiger partial charge >= 0.3 is 0 Å². The molecular formula is C29H34N2O5. The highest BCUT2D eigenvalue weighted by atomic mass is 16.5. The van der Waals surface area contributed by atoms with E-state index < -0.39 is 23.5 Å². The first kappa shape index (κ1) is 25.5. The van der Waals surface area contributed by atoms with Crippen LogP contribution in [0.25, 0.3) is 11.0 Å². The minimum atomic E-state index is -0.713. The van der Waals surface area contributed by atoms with E-state index in [4.69, 9.17) is 9.15 Å². The van der Waals surface area contributed by atoms with Gasteiger partial charge in [-0.15, -0.1) is 0 Å². The van der Waals surface area contributed by atoms with E-state index in [1.807, 2.05) is 61.5 Å². The number of fused-ring (bicyclic) bond motifs is 1. The fourth-order valence-corrected chi connectivity index (χ4v) is 4.54. The summed E-state index contributed by atoms with van der Waals surface area (Å²) in [5.74, 6) is -0.719. The average molecular weight is 491 g/mol. The molecule has 7 nitrogen and oxygen atoms in total. The lowest BCUT2D eigenvalue weighted by molar-refractivity contribution is -0.129. The lowest BCUT2D eigenvalue weighted by atomic mass is 9.95. The molecule has 3 aromatic rings. The van der Waals surface area contributed by atoms with E-state index >= 15 is 0 Å². The molecule has 36 heavy (non-hydrogen) atoms. The predicted molar refractivity (Wildman–Crippen MR) is 139 cm³/mol. The van der Waals surface area contributed by atoms with Gasteiger partial charge in [0, 0.05) is 11.9 Å². The molecule has 0 spiro atoms. The molecular weight excluding hydrogens is 456 g/mol. The van der Waals surface area contributed by atoms with E-state index in [2.05, 4.69) is 6.92 Å². The molecule has 0 fully saturated rings. The van der Waals surface area contributed by atoms with Gasteiger partial charge < -0.3 is 24.1 Å². The number of furan rings is 1. The molecule has 4 rings (SSSR count). The van der Waals surface area contributed by atoms with Crippen LogP contribution >= 0.6 is 0 Å². The van der Waals surface area contributed by atoms with Gasteiger partial charge in [0.2, 0.25) is 5.78 Å². The molecule has 190 valence electrons. The highest BCUT2D eigenvalue weighted by molar-refractivity contribution is 6.16. The third-order valence-corrected chi connectivity index (χ3v) is 6.41. The number of nitrogens with zero attached hydrogens (tertiary/aromatic N) is 2. The number of Topliss-reactive ketones (excluding diaryl/α,β-unsaturated/α-hetero) is 1. The van der Waals surface area contributed by atoms with E-state index in [0.717, 1.165) is 42.5 Å². The number of unbranched alkanes of at least 4 members (excludes halogenated alkanes) is 2. The molecule has 1 atom stereocenters. The molecule has 1 aromatic heterocycles. The zero-order valence-corrected chi connectivity index (χ0v) is 21.2. The second-order valence-corrected chi connectivity index (χ2v) is 9.42. The first-order chi connectivity index (χ1) is 17.4. The van der Waals surface area contributed by atoms with Crippen molar-refractivity contribution in [2.45, 2.75) is 38.6 Å².